The normalized spacial score (nSPS) is 12.4. The molecule has 0 radical (unpaired) electrons. The van der Waals surface area contributed by atoms with Crippen molar-refractivity contribution in [1.29, 1.82) is 0 Å². The summed E-state index contributed by atoms with van der Waals surface area (Å²) in [7, 11) is -16.1. The fraction of sp³-hybridized carbons (Fsp3) is 0.143. The summed E-state index contributed by atoms with van der Waals surface area (Å²) >= 11 is 0. The molecular formula is C21H21BO9S3. The highest BCUT2D eigenvalue weighted by atomic mass is 32.2. The monoisotopic (exact) mass is 524 g/mol. The molecule has 0 spiro atoms. The summed E-state index contributed by atoms with van der Waals surface area (Å²) in [6, 6.07) is 23.7. The number of benzene rings is 3. The van der Waals surface area contributed by atoms with Gasteiger partial charge in [0.2, 0.25) is 0 Å². The Hall–Kier alpha value is -2.55. The van der Waals surface area contributed by atoms with E-state index in [4.69, 9.17) is 12.3 Å². The van der Waals surface area contributed by atoms with Gasteiger partial charge in [-0.3, -0.25) is 12.3 Å². The van der Waals surface area contributed by atoms with E-state index in [0.29, 0.717) is 16.7 Å². The summed E-state index contributed by atoms with van der Waals surface area (Å²) in [6.45, 7) is 0. The SMILES string of the molecule is O=S(=O)(Cc1ccccc1)OB(OS(=O)(=O)Cc1ccccc1)OS(=O)(=O)Cc1ccccc1. The van der Waals surface area contributed by atoms with Crippen LogP contribution in [0.25, 0.3) is 0 Å². The number of rotatable bonds is 12. The average Bonchev–Trinajstić information content (AvgIpc) is 2.73. The lowest BCUT2D eigenvalue weighted by molar-refractivity contribution is 0.311. The first-order valence-electron chi connectivity index (χ1n) is 9.87. The van der Waals surface area contributed by atoms with Gasteiger partial charge in [0, 0.05) is 0 Å². The zero-order valence-corrected chi connectivity index (χ0v) is 20.2. The van der Waals surface area contributed by atoms with Gasteiger partial charge < -0.3 is 0 Å². The molecule has 0 atom stereocenters. The van der Waals surface area contributed by atoms with Crippen LogP contribution < -0.4 is 0 Å². The van der Waals surface area contributed by atoms with Crippen molar-refractivity contribution in [1.82, 2.24) is 0 Å². The van der Waals surface area contributed by atoms with Crippen molar-refractivity contribution in [3.05, 3.63) is 108 Å². The first kappa shape index (κ1) is 26.1. The van der Waals surface area contributed by atoms with Crippen LogP contribution in [0, 0.1) is 0 Å². The third-order valence-electron chi connectivity index (χ3n) is 4.23. The molecule has 3 aromatic rings. The molecule has 0 N–H and O–H groups in total. The van der Waals surface area contributed by atoms with Crippen LogP contribution in [0.4, 0.5) is 0 Å². The van der Waals surface area contributed by atoms with Gasteiger partial charge in [-0.1, -0.05) is 91.0 Å². The van der Waals surface area contributed by atoms with Crippen LogP contribution in [0.1, 0.15) is 16.7 Å². The van der Waals surface area contributed by atoms with Crippen LogP contribution in [-0.4, -0.2) is 32.6 Å². The fourth-order valence-electron chi connectivity index (χ4n) is 2.84. The summed E-state index contributed by atoms with van der Waals surface area (Å²) < 4.78 is 89.4. The molecule has 0 saturated carbocycles. The predicted molar refractivity (Wildman–Crippen MR) is 126 cm³/mol. The number of hydrogen-bond acceptors (Lipinski definition) is 9. The second-order valence-corrected chi connectivity index (χ2v) is 11.9. The molecule has 3 rings (SSSR count). The topological polar surface area (TPSA) is 130 Å². The molecule has 34 heavy (non-hydrogen) atoms. The van der Waals surface area contributed by atoms with Crippen molar-refractivity contribution in [2.45, 2.75) is 17.3 Å². The Kier molecular flexibility index (Phi) is 8.63. The molecule has 3 aromatic carbocycles. The second-order valence-electron chi connectivity index (χ2n) is 7.14. The lowest BCUT2D eigenvalue weighted by atomic mass is 10.2. The first-order chi connectivity index (χ1) is 16.0. The van der Waals surface area contributed by atoms with E-state index in [2.05, 4.69) is 0 Å². The number of hydrogen-bond donors (Lipinski definition) is 0. The highest BCUT2D eigenvalue weighted by Gasteiger charge is 2.39. The van der Waals surface area contributed by atoms with E-state index in [0.717, 1.165) is 0 Å². The fourth-order valence-corrected chi connectivity index (χ4v) is 5.95. The van der Waals surface area contributed by atoms with Gasteiger partial charge >= 0.3 is 7.32 Å². The molecule has 0 aliphatic heterocycles. The van der Waals surface area contributed by atoms with Crippen LogP contribution in [0.5, 0.6) is 0 Å². The average molecular weight is 524 g/mol. The van der Waals surface area contributed by atoms with Crippen molar-refractivity contribution >= 4 is 37.7 Å². The molecule has 0 unspecified atom stereocenters. The molecule has 0 saturated heterocycles. The van der Waals surface area contributed by atoms with Crippen molar-refractivity contribution in [2.75, 3.05) is 0 Å². The van der Waals surface area contributed by atoms with Crippen LogP contribution >= 0.6 is 0 Å². The first-order valence-corrected chi connectivity index (χ1v) is 14.6. The molecule has 0 aromatic heterocycles. The lowest BCUT2D eigenvalue weighted by Gasteiger charge is -2.15. The maximum atomic E-state index is 12.5. The Morgan fingerprint density at radius 2 is 0.676 bits per heavy atom. The molecule has 0 amide bonds. The van der Waals surface area contributed by atoms with Gasteiger partial charge in [0.25, 0.3) is 30.4 Å². The maximum Gasteiger partial charge on any atom is 0.684 e. The Morgan fingerprint density at radius 3 is 0.912 bits per heavy atom. The van der Waals surface area contributed by atoms with E-state index in [-0.39, 0.29) is 0 Å². The Bertz CT molecular complexity index is 1200. The molecular weight excluding hydrogens is 503 g/mol. The zero-order valence-electron chi connectivity index (χ0n) is 17.8. The summed E-state index contributed by atoms with van der Waals surface area (Å²) in [4.78, 5) is 0. The van der Waals surface area contributed by atoms with Gasteiger partial charge in [-0.15, -0.1) is 0 Å². The second kappa shape index (κ2) is 11.3. The molecule has 0 aliphatic carbocycles. The molecule has 0 fully saturated rings. The Labute approximate surface area is 199 Å². The van der Waals surface area contributed by atoms with Gasteiger partial charge in [-0.25, -0.2) is 25.3 Å². The Morgan fingerprint density at radius 1 is 0.441 bits per heavy atom. The third-order valence-corrected chi connectivity index (χ3v) is 7.65. The minimum atomic E-state index is -4.50. The summed E-state index contributed by atoms with van der Waals surface area (Å²) in [6.07, 6.45) is 0. The molecule has 9 nitrogen and oxygen atoms in total. The van der Waals surface area contributed by atoms with E-state index in [9.17, 15) is 25.3 Å². The van der Waals surface area contributed by atoms with E-state index < -0.39 is 54.9 Å². The lowest BCUT2D eigenvalue weighted by Crippen LogP contribution is -2.36. The maximum absolute atomic E-state index is 12.5. The largest absolute Gasteiger partial charge is 0.684 e. The van der Waals surface area contributed by atoms with Gasteiger partial charge in [0.05, 0.1) is 17.3 Å². The van der Waals surface area contributed by atoms with Crippen LogP contribution in [0.2, 0.25) is 0 Å². The van der Waals surface area contributed by atoms with Crippen LogP contribution in [-0.2, 0) is 59.9 Å². The van der Waals surface area contributed by atoms with Crippen LogP contribution in [0.15, 0.2) is 91.0 Å². The molecule has 180 valence electrons. The van der Waals surface area contributed by atoms with Crippen LogP contribution in [0.3, 0.4) is 0 Å². The molecule has 0 heterocycles. The molecule has 0 aliphatic rings. The van der Waals surface area contributed by atoms with Crippen molar-refractivity contribution in [3.8, 4) is 0 Å². The molecule has 0 bridgehead atoms. The highest BCUT2D eigenvalue weighted by molar-refractivity contribution is 7.89. The zero-order chi connectivity index (χ0) is 24.7. The van der Waals surface area contributed by atoms with Gasteiger partial charge in [-0.2, -0.15) is 0 Å². The van der Waals surface area contributed by atoms with Gasteiger partial charge in [0.15, 0.2) is 0 Å². The predicted octanol–water partition coefficient (Wildman–Crippen LogP) is 2.61. The van der Waals surface area contributed by atoms with Gasteiger partial charge in [0.1, 0.15) is 0 Å². The summed E-state index contributed by atoms with van der Waals surface area (Å²) in [5.41, 5.74) is 1.00. The van der Waals surface area contributed by atoms with E-state index in [1.165, 1.54) is 36.4 Å². The molecule has 13 heteroatoms. The van der Waals surface area contributed by atoms with Crippen molar-refractivity contribution < 1.29 is 37.6 Å². The quantitative estimate of drug-likeness (QED) is 0.328. The van der Waals surface area contributed by atoms with E-state index in [1.807, 2.05) is 0 Å². The van der Waals surface area contributed by atoms with Gasteiger partial charge in [-0.05, 0) is 16.7 Å². The highest BCUT2D eigenvalue weighted by Crippen LogP contribution is 2.17. The smallest absolute Gasteiger partial charge is 0.270 e. The minimum Gasteiger partial charge on any atom is -0.270 e. The Balaban J connectivity index is 1.81. The van der Waals surface area contributed by atoms with Crippen molar-refractivity contribution in [3.63, 3.8) is 0 Å². The summed E-state index contributed by atoms with van der Waals surface area (Å²) in [5.74, 6) is -1.97. The minimum absolute atomic E-state index is 0.334. The standard InChI is InChI=1S/C21H21BO9S3/c23-32(24,16-19-10-4-1-5-11-19)29-22(30-33(25,26)17-20-12-6-2-7-13-20)31-34(27,28)18-21-14-8-3-9-15-21/h1-15H,16-18H2. The van der Waals surface area contributed by atoms with E-state index >= 15 is 0 Å². The van der Waals surface area contributed by atoms with E-state index in [1.54, 1.807) is 54.6 Å². The summed E-state index contributed by atoms with van der Waals surface area (Å²) in [5, 5.41) is 0. The third kappa shape index (κ3) is 9.01. The van der Waals surface area contributed by atoms with Crippen molar-refractivity contribution in [2.24, 2.45) is 0 Å².